The molecule has 92 valence electrons. The highest BCUT2D eigenvalue weighted by Gasteiger charge is 1.95. The Balaban J connectivity index is 0. The minimum absolute atomic E-state index is 0.341. The van der Waals surface area contributed by atoms with Crippen molar-refractivity contribution in [3.8, 4) is 0 Å². The van der Waals surface area contributed by atoms with Crippen LogP contribution in [0.1, 0.15) is 58.3 Å². The molecule has 0 saturated heterocycles. The molecule has 0 fully saturated rings. The predicted octanol–water partition coefficient (Wildman–Crippen LogP) is 3.48. The number of aliphatic carboxylic acids is 1. The molecule has 0 aromatic heterocycles. The maximum Gasteiger partial charge on any atom is 0.303 e. The second-order valence-corrected chi connectivity index (χ2v) is 4.17. The van der Waals surface area contributed by atoms with Crippen molar-refractivity contribution in [3.05, 3.63) is 0 Å². The fourth-order valence-electron chi connectivity index (χ4n) is 1.23. The lowest BCUT2D eigenvalue weighted by atomic mass is 10.1. The third-order valence-corrected chi connectivity index (χ3v) is 1.99. The molecule has 0 aromatic rings. The van der Waals surface area contributed by atoms with Gasteiger partial charge in [-0.2, -0.15) is 0 Å². The smallest absolute Gasteiger partial charge is 0.303 e. The van der Waals surface area contributed by atoms with E-state index >= 15 is 0 Å². The molecule has 0 rings (SSSR count). The zero-order chi connectivity index (χ0) is 11.9. The average Bonchev–Trinajstić information content (AvgIpc) is 2.17. The molecule has 0 heterocycles. The fourth-order valence-corrected chi connectivity index (χ4v) is 1.23. The Bertz CT molecular complexity index is 135. The largest absolute Gasteiger partial charge is 0.481 e. The van der Waals surface area contributed by atoms with Gasteiger partial charge in [0.25, 0.3) is 0 Å². The molecule has 0 aliphatic carbocycles. The molecule has 0 unspecified atom stereocenters. The van der Waals surface area contributed by atoms with E-state index in [1.165, 1.54) is 32.1 Å². The van der Waals surface area contributed by atoms with Gasteiger partial charge in [0.1, 0.15) is 0 Å². The Morgan fingerprint density at radius 2 is 1.47 bits per heavy atom. The zero-order valence-electron chi connectivity index (χ0n) is 9.41. The Morgan fingerprint density at radius 1 is 1.07 bits per heavy atom. The van der Waals surface area contributed by atoms with Crippen LogP contribution < -0.4 is 4.13 Å². The van der Waals surface area contributed by atoms with E-state index in [4.69, 9.17) is 5.11 Å². The quantitative estimate of drug-likeness (QED) is 0.396. The zero-order valence-corrected chi connectivity index (χ0v) is 11.2. The topological polar surface area (TPSA) is 49.3 Å². The van der Waals surface area contributed by atoms with Crippen molar-refractivity contribution in [1.29, 1.82) is 0 Å². The minimum atomic E-state index is -0.663. The minimum Gasteiger partial charge on any atom is -0.481 e. The summed E-state index contributed by atoms with van der Waals surface area (Å²) in [7, 11) is 0. The molecule has 0 saturated carbocycles. The van der Waals surface area contributed by atoms with Gasteiger partial charge >= 0.3 is 5.97 Å². The molecule has 0 aromatic carbocycles. The van der Waals surface area contributed by atoms with Crippen molar-refractivity contribution < 1.29 is 9.90 Å². The molecule has 15 heavy (non-hydrogen) atoms. The van der Waals surface area contributed by atoms with Crippen molar-refractivity contribution >= 4 is 31.6 Å². The summed E-state index contributed by atoms with van der Waals surface area (Å²) in [5.74, 6) is -0.663. The predicted molar refractivity (Wildman–Crippen MR) is 71.4 cm³/mol. The summed E-state index contributed by atoms with van der Waals surface area (Å²) < 4.78 is 2.14. The number of unbranched alkanes of at least 4 members (excludes halogenated alkanes) is 6. The molecule has 0 atom stereocenters. The van der Waals surface area contributed by atoms with Crippen LogP contribution in [-0.2, 0) is 4.79 Å². The Kier molecular flexibility index (Phi) is 19.3. The van der Waals surface area contributed by atoms with Crippen LogP contribution in [0.2, 0.25) is 0 Å². The van der Waals surface area contributed by atoms with Gasteiger partial charge in [-0.15, -0.1) is 0 Å². The molecule has 0 aliphatic rings. The summed E-state index contributed by atoms with van der Waals surface area (Å²) in [4.78, 5) is 10.1. The van der Waals surface area contributed by atoms with Crippen molar-refractivity contribution in [2.24, 2.45) is 0 Å². The summed E-state index contributed by atoms with van der Waals surface area (Å²) in [6.45, 7) is 2.20. The molecular formula is C10H23NO2S2. The maximum absolute atomic E-state index is 10.1. The summed E-state index contributed by atoms with van der Waals surface area (Å²) in [6, 6.07) is 0. The lowest BCUT2D eigenvalue weighted by Gasteiger charge is -1.98. The third-order valence-electron chi connectivity index (χ3n) is 1.99. The van der Waals surface area contributed by atoms with Crippen LogP contribution in [0.15, 0.2) is 0 Å². The van der Waals surface area contributed by atoms with Gasteiger partial charge < -0.3 is 5.11 Å². The molecule has 0 amide bonds. The van der Waals surface area contributed by atoms with Gasteiger partial charge in [-0.1, -0.05) is 71.1 Å². The van der Waals surface area contributed by atoms with E-state index in [1.807, 2.05) is 0 Å². The number of rotatable bonds is 8. The van der Waals surface area contributed by atoms with Crippen LogP contribution in [0.5, 0.6) is 0 Å². The van der Waals surface area contributed by atoms with E-state index in [9.17, 15) is 4.79 Å². The van der Waals surface area contributed by atoms with Crippen LogP contribution in [0.25, 0.3) is 0 Å². The first-order valence-electron chi connectivity index (χ1n) is 5.44. The van der Waals surface area contributed by atoms with Gasteiger partial charge in [-0.25, -0.2) is 4.13 Å². The van der Waals surface area contributed by atoms with Crippen LogP contribution in [0.3, 0.4) is 0 Å². The van der Waals surface area contributed by atoms with Crippen LogP contribution in [0, 0.1) is 0 Å². The highest BCUT2D eigenvalue weighted by Crippen LogP contribution is 2.07. The SMILES string of the molecule is CCCCCCCCCC(=O)O.SNS. The fraction of sp³-hybridized carbons (Fsp3) is 0.900. The van der Waals surface area contributed by atoms with Crippen molar-refractivity contribution in [1.82, 2.24) is 4.13 Å². The van der Waals surface area contributed by atoms with E-state index < -0.39 is 5.97 Å². The standard InChI is InChI=1S/C10H20O2.H3NS2/c1-2-3-4-5-6-7-8-9-10(11)12;2-1-3/h2-9H2,1H3,(H,11,12);1-3H. The lowest BCUT2D eigenvalue weighted by Crippen LogP contribution is -1.93. The van der Waals surface area contributed by atoms with Gasteiger partial charge in [0.05, 0.1) is 0 Å². The number of carboxylic acid groups (broad SMARTS) is 1. The van der Waals surface area contributed by atoms with Gasteiger partial charge in [-0.05, 0) is 6.42 Å². The first kappa shape index (κ1) is 17.5. The highest BCUT2D eigenvalue weighted by atomic mass is 32.2. The molecule has 0 radical (unpaired) electrons. The number of thiol groups is 2. The summed E-state index contributed by atoms with van der Waals surface area (Å²) in [5, 5.41) is 8.35. The monoisotopic (exact) mass is 253 g/mol. The molecule has 0 aliphatic heterocycles. The van der Waals surface area contributed by atoms with Gasteiger partial charge in [0.15, 0.2) is 0 Å². The van der Waals surface area contributed by atoms with Gasteiger partial charge in [0, 0.05) is 6.42 Å². The van der Waals surface area contributed by atoms with E-state index in [0.717, 1.165) is 12.8 Å². The summed E-state index contributed by atoms with van der Waals surface area (Å²) >= 11 is 6.81. The van der Waals surface area contributed by atoms with Crippen LogP contribution >= 0.6 is 25.6 Å². The summed E-state index contributed by atoms with van der Waals surface area (Å²) in [5.41, 5.74) is 0. The van der Waals surface area contributed by atoms with Gasteiger partial charge in [-0.3, -0.25) is 4.79 Å². The Morgan fingerprint density at radius 3 is 1.87 bits per heavy atom. The van der Waals surface area contributed by atoms with E-state index in [1.54, 1.807) is 0 Å². The molecular weight excluding hydrogens is 230 g/mol. The number of hydrogen-bond acceptors (Lipinski definition) is 4. The van der Waals surface area contributed by atoms with E-state index in [2.05, 4.69) is 36.7 Å². The maximum atomic E-state index is 10.1. The number of hydrogen-bond donors (Lipinski definition) is 4. The average molecular weight is 253 g/mol. The van der Waals surface area contributed by atoms with Crippen molar-refractivity contribution in [3.63, 3.8) is 0 Å². The Labute approximate surface area is 104 Å². The third kappa shape index (κ3) is 24.9. The Hall–Kier alpha value is 0.130. The first-order valence-corrected chi connectivity index (χ1v) is 6.33. The van der Waals surface area contributed by atoms with Crippen LogP contribution in [0.4, 0.5) is 0 Å². The van der Waals surface area contributed by atoms with Crippen molar-refractivity contribution in [2.75, 3.05) is 0 Å². The number of carbonyl (C=O) groups is 1. The normalized spacial score (nSPS) is 9.27. The van der Waals surface area contributed by atoms with E-state index in [-0.39, 0.29) is 0 Å². The highest BCUT2D eigenvalue weighted by molar-refractivity contribution is 7.94. The summed E-state index contributed by atoms with van der Waals surface area (Å²) in [6.07, 6.45) is 8.64. The second kappa shape index (κ2) is 16.6. The lowest BCUT2D eigenvalue weighted by molar-refractivity contribution is -0.137. The number of carboxylic acids is 1. The van der Waals surface area contributed by atoms with E-state index in [0.29, 0.717) is 6.42 Å². The first-order chi connectivity index (χ1) is 7.18. The van der Waals surface area contributed by atoms with Crippen LogP contribution in [-0.4, -0.2) is 11.1 Å². The molecule has 5 heteroatoms. The molecule has 3 nitrogen and oxygen atoms in total. The molecule has 2 N–H and O–H groups in total. The second-order valence-electron chi connectivity index (χ2n) is 3.37. The molecule has 0 spiro atoms. The number of nitrogens with one attached hydrogen (secondary N) is 1. The van der Waals surface area contributed by atoms with Gasteiger partial charge in [0.2, 0.25) is 0 Å². The van der Waals surface area contributed by atoms with Crippen molar-refractivity contribution in [2.45, 2.75) is 58.3 Å². The molecule has 0 bridgehead atoms.